The molecule has 7 heteroatoms. The van der Waals surface area contributed by atoms with Crippen molar-refractivity contribution in [2.45, 2.75) is 30.7 Å². The van der Waals surface area contributed by atoms with Gasteiger partial charge in [0.1, 0.15) is 0 Å². The van der Waals surface area contributed by atoms with E-state index in [-0.39, 0.29) is 23.3 Å². The molecular formula is C12H18Cl2N2O2S. The zero-order chi connectivity index (χ0) is 13.2. The van der Waals surface area contributed by atoms with Gasteiger partial charge in [-0.05, 0) is 50.6 Å². The van der Waals surface area contributed by atoms with Crippen LogP contribution in [0.15, 0.2) is 23.1 Å². The Morgan fingerprint density at radius 2 is 1.95 bits per heavy atom. The van der Waals surface area contributed by atoms with Crippen LogP contribution in [0.4, 0.5) is 0 Å². The van der Waals surface area contributed by atoms with Crippen molar-refractivity contribution in [3.8, 4) is 0 Å². The van der Waals surface area contributed by atoms with E-state index in [0.29, 0.717) is 10.6 Å². The zero-order valence-corrected chi connectivity index (χ0v) is 13.0. The van der Waals surface area contributed by atoms with Crippen LogP contribution in [0.25, 0.3) is 0 Å². The van der Waals surface area contributed by atoms with E-state index in [9.17, 15) is 8.42 Å². The summed E-state index contributed by atoms with van der Waals surface area (Å²) in [5, 5.41) is 3.68. The summed E-state index contributed by atoms with van der Waals surface area (Å²) in [5.74, 6) is 0. The molecule has 1 saturated heterocycles. The van der Waals surface area contributed by atoms with Gasteiger partial charge in [0, 0.05) is 11.1 Å². The van der Waals surface area contributed by atoms with Crippen molar-refractivity contribution < 1.29 is 8.42 Å². The van der Waals surface area contributed by atoms with Crippen molar-refractivity contribution in [1.29, 1.82) is 0 Å². The van der Waals surface area contributed by atoms with E-state index < -0.39 is 10.0 Å². The number of benzene rings is 1. The Kier molecular flexibility index (Phi) is 6.08. The Hall–Kier alpha value is -0.330. The van der Waals surface area contributed by atoms with E-state index in [4.69, 9.17) is 11.6 Å². The molecule has 2 N–H and O–H groups in total. The molecule has 0 atom stereocenters. The van der Waals surface area contributed by atoms with E-state index in [0.717, 1.165) is 25.9 Å². The van der Waals surface area contributed by atoms with Crippen LogP contribution in [-0.4, -0.2) is 27.5 Å². The monoisotopic (exact) mass is 324 g/mol. The first-order valence-corrected chi connectivity index (χ1v) is 7.85. The van der Waals surface area contributed by atoms with Gasteiger partial charge < -0.3 is 5.32 Å². The summed E-state index contributed by atoms with van der Waals surface area (Å²) in [7, 11) is -3.48. The number of halogens is 2. The molecule has 0 radical (unpaired) electrons. The van der Waals surface area contributed by atoms with Gasteiger partial charge in [-0.25, -0.2) is 13.1 Å². The first-order valence-electron chi connectivity index (χ1n) is 5.99. The largest absolute Gasteiger partial charge is 0.317 e. The highest BCUT2D eigenvalue weighted by atomic mass is 35.5. The maximum absolute atomic E-state index is 12.3. The number of rotatable bonds is 3. The molecule has 0 aliphatic carbocycles. The number of piperidine rings is 1. The normalized spacial score (nSPS) is 16.9. The molecule has 108 valence electrons. The Labute approximate surface area is 125 Å². The topological polar surface area (TPSA) is 58.2 Å². The summed E-state index contributed by atoms with van der Waals surface area (Å²) < 4.78 is 27.3. The van der Waals surface area contributed by atoms with Crippen LogP contribution in [0, 0.1) is 6.92 Å². The Morgan fingerprint density at radius 1 is 1.32 bits per heavy atom. The van der Waals surface area contributed by atoms with Crippen LogP contribution in [0.5, 0.6) is 0 Å². The fourth-order valence-corrected chi connectivity index (χ4v) is 3.90. The van der Waals surface area contributed by atoms with Crippen molar-refractivity contribution in [3.05, 3.63) is 28.8 Å². The van der Waals surface area contributed by atoms with Crippen LogP contribution in [0.3, 0.4) is 0 Å². The summed E-state index contributed by atoms with van der Waals surface area (Å²) in [6.07, 6.45) is 1.64. The van der Waals surface area contributed by atoms with E-state index in [1.807, 2.05) is 0 Å². The maximum atomic E-state index is 12.3. The summed E-state index contributed by atoms with van der Waals surface area (Å²) in [4.78, 5) is 0.272. The fourth-order valence-electron chi connectivity index (χ4n) is 2.10. The third-order valence-corrected chi connectivity index (χ3v) is 5.24. The van der Waals surface area contributed by atoms with Gasteiger partial charge in [0.25, 0.3) is 0 Å². The second-order valence-corrected chi connectivity index (χ2v) is 6.60. The lowest BCUT2D eigenvalue weighted by atomic mass is 10.1. The minimum absolute atomic E-state index is 0. The van der Waals surface area contributed by atoms with Crippen molar-refractivity contribution in [2.75, 3.05) is 13.1 Å². The second kappa shape index (κ2) is 6.90. The number of hydrogen-bond donors (Lipinski definition) is 2. The number of sulfonamides is 1. The Morgan fingerprint density at radius 3 is 2.58 bits per heavy atom. The molecule has 1 fully saturated rings. The molecule has 0 amide bonds. The molecular weight excluding hydrogens is 307 g/mol. The van der Waals surface area contributed by atoms with Gasteiger partial charge >= 0.3 is 0 Å². The first kappa shape index (κ1) is 16.7. The highest BCUT2D eigenvalue weighted by molar-refractivity contribution is 7.89. The van der Waals surface area contributed by atoms with Crippen molar-refractivity contribution >= 4 is 34.0 Å². The minimum atomic E-state index is -3.48. The van der Waals surface area contributed by atoms with Crippen molar-refractivity contribution in [1.82, 2.24) is 10.0 Å². The van der Waals surface area contributed by atoms with Crippen molar-refractivity contribution in [2.24, 2.45) is 0 Å². The van der Waals surface area contributed by atoms with E-state index in [1.54, 1.807) is 25.1 Å². The van der Waals surface area contributed by atoms with Gasteiger partial charge in [0.05, 0.1) is 4.90 Å². The molecule has 0 spiro atoms. The molecule has 4 nitrogen and oxygen atoms in total. The minimum Gasteiger partial charge on any atom is -0.317 e. The quantitative estimate of drug-likeness (QED) is 0.895. The lowest BCUT2D eigenvalue weighted by Crippen LogP contribution is -2.42. The van der Waals surface area contributed by atoms with Crippen LogP contribution in [0.1, 0.15) is 18.4 Å². The maximum Gasteiger partial charge on any atom is 0.241 e. The molecule has 2 rings (SSSR count). The van der Waals surface area contributed by atoms with Gasteiger partial charge in [-0.3, -0.25) is 0 Å². The molecule has 1 aromatic carbocycles. The fraction of sp³-hybridized carbons (Fsp3) is 0.500. The second-order valence-electron chi connectivity index (χ2n) is 4.51. The lowest BCUT2D eigenvalue weighted by molar-refractivity contribution is 0.427. The summed E-state index contributed by atoms with van der Waals surface area (Å²) in [5.41, 5.74) is 0.598. The molecule has 19 heavy (non-hydrogen) atoms. The zero-order valence-electron chi connectivity index (χ0n) is 10.6. The number of hydrogen-bond acceptors (Lipinski definition) is 3. The molecule has 0 saturated carbocycles. The van der Waals surface area contributed by atoms with Gasteiger partial charge in [0.2, 0.25) is 10.0 Å². The van der Waals surface area contributed by atoms with Gasteiger partial charge in [-0.1, -0.05) is 17.7 Å². The predicted octanol–water partition coefficient (Wildman–Crippen LogP) is 2.10. The highest BCUT2D eigenvalue weighted by Crippen LogP contribution is 2.23. The Bertz CT molecular complexity index is 529. The first-order chi connectivity index (χ1) is 8.50. The van der Waals surface area contributed by atoms with Gasteiger partial charge in [-0.2, -0.15) is 0 Å². The lowest BCUT2D eigenvalue weighted by Gasteiger charge is -2.24. The molecule has 0 aromatic heterocycles. The van der Waals surface area contributed by atoms with Gasteiger partial charge in [-0.15, -0.1) is 12.4 Å². The highest BCUT2D eigenvalue weighted by Gasteiger charge is 2.23. The molecule has 0 bridgehead atoms. The van der Waals surface area contributed by atoms with E-state index >= 15 is 0 Å². The molecule has 0 unspecified atom stereocenters. The van der Waals surface area contributed by atoms with Crippen LogP contribution < -0.4 is 10.0 Å². The average molecular weight is 325 g/mol. The summed E-state index contributed by atoms with van der Waals surface area (Å²) in [6.45, 7) is 3.42. The summed E-state index contributed by atoms with van der Waals surface area (Å²) >= 11 is 5.96. The third kappa shape index (κ3) is 4.07. The van der Waals surface area contributed by atoms with Crippen LogP contribution in [-0.2, 0) is 10.0 Å². The SMILES string of the molecule is Cc1c(Cl)cccc1S(=O)(=O)NC1CCNCC1.Cl. The summed E-state index contributed by atoms with van der Waals surface area (Å²) in [6, 6.07) is 4.95. The number of nitrogens with one attached hydrogen (secondary N) is 2. The van der Waals surface area contributed by atoms with Crippen LogP contribution in [0.2, 0.25) is 5.02 Å². The molecule has 1 aliphatic rings. The predicted molar refractivity (Wildman–Crippen MR) is 79.7 cm³/mol. The molecule has 1 aromatic rings. The molecule has 1 aliphatic heterocycles. The standard InChI is InChI=1S/C12H17ClN2O2S.ClH/c1-9-11(13)3-2-4-12(9)18(16,17)15-10-5-7-14-8-6-10;/h2-4,10,14-15H,5-8H2,1H3;1H. The van der Waals surface area contributed by atoms with E-state index in [1.165, 1.54) is 0 Å². The third-order valence-electron chi connectivity index (χ3n) is 3.17. The smallest absolute Gasteiger partial charge is 0.241 e. The molecule has 1 heterocycles. The van der Waals surface area contributed by atoms with E-state index in [2.05, 4.69) is 10.0 Å². The Balaban J connectivity index is 0.00000180. The van der Waals surface area contributed by atoms with Crippen LogP contribution >= 0.6 is 24.0 Å². The van der Waals surface area contributed by atoms with Gasteiger partial charge in [0.15, 0.2) is 0 Å². The average Bonchev–Trinajstić information content (AvgIpc) is 2.33. The van der Waals surface area contributed by atoms with Crippen molar-refractivity contribution in [3.63, 3.8) is 0 Å².